The number of halogens is 1. The lowest BCUT2D eigenvalue weighted by Crippen LogP contribution is -2.26. The first kappa shape index (κ1) is 18.6. The van der Waals surface area contributed by atoms with Crippen LogP contribution in [0.2, 0.25) is 0 Å². The molecule has 2 aromatic rings. The fraction of sp³-hybridized carbons (Fsp3) is 0.222. The van der Waals surface area contributed by atoms with Gasteiger partial charge in [0, 0.05) is 16.1 Å². The second-order valence-corrected chi connectivity index (χ2v) is 8.45. The molecule has 1 aliphatic carbocycles. The third kappa shape index (κ3) is 4.30. The Morgan fingerprint density at radius 2 is 2.00 bits per heavy atom. The molecular weight excluding hydrogens is 420 g/mol. The lowest BCUT2D eigenvalue weighted by Gasteiger charge is -2.10. The third-order valence-corrected chi connectivity index (χ3v) is 6.07. The zero-order valence-corrected chi connectivity index (χ0v) is 16.0. The van der Waals surface area contributed by atoms with E-state index in [1.54, 1.807) is 24.3 Å². The average molecular weight is 435 g/mol. The molecule has 0 amide bonds. The Morgan fingerprint density at radius 1 is 1.27 bits per heavy atom. The molecule has 0 radical (unpaired) electrons. The fourth-order valence-electron chi connectivity index (χ4n) is 2.29. The molecule has 6 nitrogen and oxygen atoms in total. The summed E-state index contributed by atoms with van der Waals surface area (Å²) in [5.41, 5.74) is 1.11. The van der Waals surface area contributed by atoms with E-state index >= 15 is 0 Å². The number of sulfonamides is 1. The maximum atomic E-state index is 12.4. The number of nitrogens with one attached hydrogen (secondary N) is 1. The lowest BCUT2D eigenvalue weighted by molar-refractivity contribution is 0.0471. The van der Waals surface area contributed by atoms with Gasteiger partial charge in [-0.2, -0.15) is 5.26 Å². The molecule has 0 spiro atoms. The van der Waals surface area contributed by atoms with Crippen molar-refractivity contribution in [1.29, 1.82) is 5.26 Å². The minimum absolute atomic E-state index is 0.0111. The molecular formula is C18H15BrN2O4S. The summed E-state index contributed by atoms with van der Waals surface area (Å²) < 4.78 is 32.9. The highest BCUT2D eigenvalue weighted by molar-refractivity contribution is 9.10. The van der Waals surface area contributed by atoms with E-state index in [4.69, 9.17) is 10.00 Å². The van der Waals surface area contributed by atoms with Crippen molar-refractivity contribution in [2.45, 2.75) is 30.4 Å². The van der Waals surface area contributed by atoms with Crippen LogP contribution in [0.5, 0.6) is 0 Å². The number of ether oxygens (including phenoxy) is 1. The molecule has 1 N–H and O–H groups in total. The van der Waals surface area contributed by atoms with Crippen LogP contribution in [0, 0.1) is 11.3 Å². The maximum absolute atomic E-state index is 12.4. The van der Waals surface area contributed by atoms with Gasteiger partial charge in [0.05, 0.1) is 22.1 Å². The zero-order valence-electron chi connectivity index (χ0n) is 13.6. The van der Waals surface area contributed by atoms with Gasteiger partial charge in [-0.15, -0.1) is 0 Å². The monoisotopic (exact) mass is 434 g/mol. The first-order chi connectivity index (χ1) is 12.4. The van der Waals surface area contributed by atoms with Crippen LogP contribution in [0.1, 0.15) is 34.3 Å². The van der Waals surface area contributed by atoms with Gasteiger partial charge in [-0.3, -0.25) is 0 Å². The van der Waals surface area contributed by atoms with Gasteiger partial charge in [0.2, 0.25) is 10.0 Å². The summed E-state index contributed by atoms with van der Waals surface area (Å²) in [4.78, 5) is 12.4. The van der Waals surface area contributed by atoms with Crippen LogP contribution in [0.4, 0.5) is 0 Å². The molecule has 1 fully saturated rings. The molecule has 0 saturated heterocycles. The Labute approximate surface area is 160 Å². The van der Waals surface area contributed by atoms with Gasteiger partial charge in [0.15, 0.2) is 0 Å². The van der Waals surface area contributed by atoms with Crippen molar-refractivity contribution in [3.8, 4) is 6.07 Å². The summed E-state index contributed by atoms with van der Waals surface area (Å²) in [6, 6.07) is 13.0. The normalized spacial score (nSPS) is 13.8. The van der Waals surface area contributed by atoms with Gasteiger partial charge in [-0.25, -0.2) is 17.9 Å². The van der Waals surface area contributed by atoms with Gasteiger partial charge in [-0.1, -0.05) is 18.2 Å². The molecule has 3 rings (SSSR count). The minimum atomic E-state index is -3.67. The summed E-state index contributed by atoms with van der Waals surface area (Å²) in [5, 5.41) is 9.08. The molecule has 134 valence electrons. The number of carbonyl (C=O) groups excluding carboxylic acids is 1. The molecule has 26 heavy (non-hydrogen) atoms. The molecule has 0 bridgehead atoms. The zero-order chi connectivity index (χ0) is 18.7. The molecule has 2 aromatic carbocycles. The molecule has 0 unspecified atom stereocenters. The number of hydrogen-bond acceptors (Lipinski definition) is 5. The Bertz CT molecular complexity index is 994. The Balaban J connectivity index is 1.78. The Kier molecular flexibility index (Phi) is 5.41. The predicted octanol–water partition coefficient (Wildman–Crippen LogP) is 3.12. The quantitative estimate of drug-likeness (QED) is 0.704. The van der Waals surface area contributed by atoms with Gasteiger partial charge in [-0.05, 0) is 53.0 Å². The topological polar surface area (TPSA) is 96.3 Å². The van der Waals surface area contributed by atoms with Crippen molar-refractivity contribution in [2.75, 3.05) is 0 Å². The summed E-state index contributed by atoms with van der Waals surface area (Å²) in [6.07, 6.45) is 1.64. The molecule has 0 aliphatic heterocycles. The van der Waals surface area contributed by atoms with Crippen molar-refractivity contribution < 1.29 is 17.9 Å². The van der Waals surface area contributed by atoms with Crippen LogP contribution in [0.3, 0.4) is 0 Å². The van der Waals surface area contributed by atoms with Gasteiger partial charge in [0.25, 0.3) is 0 Å². The van der Waals surface area contributed by atoms with Crippen molar-refractivity contribution >= 4 is 31.9 Å². The smallest absolute Gasteiger partial charge is 0.339 e. The summed E-state index contributed by atoms with van der Waals surface area (Å²) in [6.45, 7) is -0.0771. The predicted molar refractivity (Wildman–Crippen MR) is 97.8 cm³/mol. The molecule has 1 saturated carbocycles. The Morgan fingerprint density at radius 3 is 2.69 bits per heavy atom. The average Bonchev–Trinajstić information content (AvgIpc) is 3.43. The second-order valence-electron chi connectivity index (χ2n) is 5.88. The van der Waals surface area contributed by atoms with Gasteiger partial charge < -0.3 is 4.74 Å². The molecule has 1 aliphatic rings. The van der Waals surface area contributed by atoms with Crippen LogP contribution in [-0.4, -0.2) is 20.4 Å². The van der Waals surface area contributed by atoms with Crippen molar-refractivity contribution in [3.05, 3.63) is 63.6 Å². The first-order valence-electron chi connectivity index (χ1n) is 7.88. The lowest BCUT2D eigenvalue weighted by atomic mass is 10.1. The maximum Gasteiger partial charge on any atom is 0.339 e. The van der Waals surface area contributed by atoms with Crippen molar-refractivity contribution in [2.24, 2.45) is 0 Å². The van der Waals surface area contributed by atoms with Crippen LogP contribution >= 0.6 is 15.9 Å². The standard InChI is InChI=1S/C18H15BrN2O4S/c19-17-8-7-15(26(23,24)21-14-5-6-14)9-16(17)18(22)25-11-13-4-2-1-3-12(13)10-20/h1-4,7-9,14,21H,5-6,11H2. The number of carbonyl (C=O) groups is 1. The second kappa shape index (κ2) is 7.58. The van der Waals surface area contributed by atoms with E-state index in [2.05, 4.69) is 20.7 Å². The summed E-state index contributed by atoms with van der Waals surface area (Å²) in [7, 11) is -3.67. The van der Waals surface area contributed by atoms with Gasteiger partial charge >= 0.3 is 5.97 Å². The third-order valence-electron chi connectivity index (χ3n) is 3.86. The van der Waals surface area contributed by atoms with E-state index in [1.807, 2.05) is 6.07 Å². The van der Waals surface area contributed by atoms with E-state index in [-0.39, 0.29) is 23.1 Å². The summed E-state index contributed by atoms with van der Waals surface area (Å²) in [5.74, 6) is -0.673. The Hall–Kier alpha value is -2.21. The highest BCUT2D eigenvalue weighted by Crippen LogP contribution is 2.25. The molecule has 0 heterocycles. The van der Waals surface area contributed by atoms with E-state index < -0.39 is 16.0 Å². The van der Waals surface area contributed by atoms with Crippen LogP contribution in [0.25, 0.3) is 0 Å². The SMILES string of the molecule is N#Cc1ccccc1COC(=O)c1cc(S(=O)(=O)NC2CC2)ccc1Br. The van der Waals surface area contributed by atoms with Crippen LogP contribution in [-0.2, 0) is 21.4 Å². The van der Waals surface area contributed by atoms with Crippen molar-refractivity contribution in [3.63, 3.8) is 0 Å². The number of nitriles is 1. The summed E-state index contributed by atoms with van der Waals surface area (Å²) >= 11 is 3.25. The molecule has 8 heteroatoms. The van der Waals surface area contributed by atoms with E-state index in [9.17, 15) is 13.2 Å². The highest BCUT2D eigenvalue weighted by atomic mass is 79.9. The van der Waals surface area contributed by atoms with E-state index in [0.717, 1.165) is 12.8 Å². The van der Waals surface area contributed by atoms with E-state index in [1.165, 1.54) is 18.2 Å². The highest BCUT2D eigenvalue weighted by Gasteiger charge is 2.28. The van der Waals surface area contributed by atoms with E-state index in [0.29, 0.717) is 15.6 Å². The first-order valence-corrected chi connectivity index (χ1v) is 10.2. The minimum Gasteiger partial charge on any atom is -0.457 e. The largest absolute Gasteiger partial charge is 0.457 e. The number of nitrogens with zero attached hydrogens (tertiary/aromatic N) is 1. The molecule has 0 aromatic heterocycles. The number of benzene rings is 2. The van der Waals surface area contributed by atoms with Crippen molar-refractivity contribution in [1.82, 2.24) is 4.72 Å². The van der Waals surface area contributed by atoms with Crippen LogP contribution < -0.4 is 4.72 Å². The molecule has 0 atom stereocenters. The van der Waals surface area contributed by atoms with Gasteiger partial charge in [0.1, 0.15) is 6.61 Å². The van der Waals surface area contributed by atoms with Crippen LogP contribution in [0.15, 0.2) is 51.8 Å². The number of esters is 1. The fourth-order valence-corrected chi connectivity index (χ4v) is 4.03. The number of hydrogen-bond donors (Lipinski definition) is 1. The number of rotatable bonds is 6.